The normalized spacial score (nSPS) is 23.7. The van der Waals surface area contributed by atoms with Gasteiger partial charge in [-0.25, -0.2) is 4.79 Å². The van der Waals surface area contributed by atoms with E-state index in [1.165, 1.54) is 0 Å². The van der Waals surface area contributed by atoms with Crippen LogP contribution in [0.2, 0.25) is 0 Å². The number of amides is 2. The first-order chi connectivity index (χ1) is 11.2. The van der Waals surface area contributed by atoms with Gasteiger partial charge < -0.3 is 20.1 Å². The van der Waals surface area contributed by atoms with Crippen molar-refractivity contribution in [1.29, 1.82) is 0 Å². The predicted octanol–water partition coefficient (Wildman–Crippen LogP) is 2.22. The summed E-state index contributed by atoms with van der Waals surface area (Å²) in [5.41, 5.74) is -1.53. The lowest BCUT2D eigenvalue weighted by Crippen LogP contribution is -2.53. The Morgan fingerprint density at radius 2 is 1.96 bits per heavy atom. The minimum Gasteiger partial charge on any atom is -0.444 e. The zero-order valence-electron chi connectivity index (χ0n) is 15.0. The maximum atomic E-state index is 12.5. The number of likely N-dealkylation sites (tertiary alicyclic amines) is 1. The molecule has 2 N–H and O–H groups in total. The van der Waals surface area contributed by atoms with E-state index in [-0.39, 0.29) is 18.4 Å². The number of aliphatic hydroxyl groups is 1. The van der Waals surface area contributed by atoms with Crippen molar-refractivity contribution in [2.45, 2.75) is 64.1 Å². The second-order valence-electron chi connectivity index (χ2n) is 7.89. The Balaban J connectivity index is 1.77. The topological polar surface area (TPSA) is 78.9 Å². The molecule has 0 radical (unpaired) electrons. The van der Waals surface area contributed by atoms with Crippen LogP contribution in [-0.2, 0) is 9.53 Å². The molecular formula is C18H30N2O4. The average Bonchev–Trinajstić information content (AvgIpc) is 2.52. The van der Waals surface area contributed by atoms with Gasteiger partial charge in [-0.05, 0) is 52.9 Å². The lowest BCUT2D eigenvalue weighted by atomic mass is 9.88. The van der Waals surface area contributed by atoms with Crippen molar-refractivity contribution in [3.8, 4) is 0 Å². The molecule has 2 rings (SSSR count). The number of carbonyl (C=O) groups is 2. The highest BCUT2D eigenvalue weighted by atomic mass is 16.6. The van der Waals surface area contributed by atoms with E-state index in [1.807, 2.05) is 4.90 Å². The molecule has 6 nitrogen and oxygen atoms in total. The second kappa shape index (κ2) is 7.55. The van der Waals surface area contributed by atoms with Gasteiger partial charge in [0.15, 0.2) is 0 Å². The maximum Gasteiger partial charge on any atom is 0.407 e. The number of piperidine rings is 1. The van der Waals surface area contributed by atoms with Crippen LogP contribution in [0.25, 0.3) is 0 Å². The third-order valence-electron chi connectivity index (χ3n) is 4.58. The molecule has 1 fully saturated rings. The fraction of sp³-hybridized carbons (Fsp3) is 0.778. The highest BCUT2D eigenvalue weighted by Gasteiger charge is 2.36. The van der Waals surface area contributed by atoms with Gasteiger partial charge in [-0.15, -0.1) is 0 Å². The fourth-order valence-electron chi connectivity index (χ4n) is 3.15. The number of allylic oxidation sites excluding steroid dienone is 2. The maximum absolute atomic E-state index is 12.5. The lowest BCUT2D eigenvalue weighted by Gasteiger charge is -2.39. The highest BCUT2D eigenvalue weighted by Crippen LogP contribution is 2.26. The Hall–Kier alpha value is -1.56. The molecule has 0 aromatic carbocycles. The van der Waals surface area contributed by atoms with Crippen molar-refractivity contribution >= 4 is 12.0 Å². The summed E-state index contributed by atoms with van der Waals surface area (Å²) in [4.78, 5) is 26.1. The predicted molar refractivity (Wildman–Crippen MR) is 91.5 cm³/mol. The minimum atomic E-state index is -0.972. The number of alkyl carbamates (subject to hydrolysis) is 1. The van der Waals surface area contributed by atoms with Crippen LogP contribution in [0.3, 0.4) is 0 Å². The van der Waals surface area contributed by atoms with E-state index < -0.39 is 17.3 Å². The first-order valence-corrected chi connectivity index (χ1v) is 8.82. The van der Waals surface area contributed by atoms with Crippen molar-refractivity contribution in [2.24, 2.45) is 5.92 Å². The van der Waals surface area contributed by atoms with Crippen LogP contribution in [0.5, 0.6) is 0 Å². The van der Waals surface area contributed by atoms with Crippen LogP contribution in [0.4, 0.5) is 4.79 Å². The largest absolute Gasteiger partial charge is 0.444 e. The Kier molecular flexibility index (Phi) is 5.91. The Labute approximate surface area is 144 Å². The van der Waals surface area contributed by atoms with Crippen LogP contribution >= 0.6 is 0 Å². The molecule has 0 aromatic heterocycles. The van der Waals surface area contributed by atoms with Crippen molar-refractivity contribution in [2.75, 3.05) is 19.6 Å². The molecule has 24 heavy (non-hydrogen) atoms. The molecule has 0 bridgehead atoms. The summed E-state index contributed by atoms with van der Waals surface area (Å²) in [5.74, 6) is 0.280. The molecule has 1 heterocycles. The van der Waals surface area contributed by atoms with E-state index in [0.29, 0.717) is 25.9 Å². The van der Waals surface area contributed by atoms with Gasteiger partial charge in [0, 0.05) is 25.6 Å². The van der Waals surface area contributed by atoms with Gasteiger partial charge in [-0.3, -0.25) is 4.79 Å². The molecule has 0 saturated carbocycles. The van der Waals surface area contributed by atoms with E-state index >= 15 is 0 Å². The minimum absolute atomic E-state index is 0.0843. The highest BCUT2D eigenvalue weighted by molar-refractivity contribution is 5.79. The summed E-state index contributed by atoms with van der Waals surface area (Å²) < 4.78 is 5.18. The van der Waals surface area contributed by atoms with Crippen LogP contribution < -0.4 is 5.32 Å². The molecule has 0 aromatic rings. The summed E-state index contributed by atoms with van der Waals surface area (Å²) in [7, 11) is 0. The SMILES string of the molecule is CC(C)(C)OC(=O)NCC1(O)CCN(C(=O)C2CC=CCC2)CC1. The monoisotopic (exact) mass is 338 g/mol. The molecule has 1 saturated heterocycles. The third kappa shape index (κ3) is 5.51. The van der Waals surface area contributed by atoms with Crippen molar-refractivity contribution < 1.29 is 19.4 Å². The molecule has 2 amide bonds. The number of hydrogen-bond donors (Lipinski definition) is 2. The van der Waals surface area contributed by atoms with E-state index in [0.717, 1.165) is 19.3 Å². The molecule has 1 atom stereocenters. The molecule has 1 unspecified atom stereocenters. The zero-order valence-corrected chi connectivity index (χ0v) is 15.0. The van der Waals surface area contributed by atoms with Gasteiger partial charge in [0.05, 0.1) is 5.60 Å². The fourth-order valence-corrected chi connectivity index (χ4v) is 3.15. The van der Waals surface area contributed by atoms with Gasteiger partial charge in [-0.2, -0.15) is 0 Å². The van der Waals surface area contributed by atoms with Gasteiger partial charge >= 0.3 is 6.09 Å². The number of rotatable bonds is 3. The zero-order chi connectivity index (χ0) is 17.8. The summed E-state index contributed by atoms with van der Waals surface area (Å²) in [5, 5.41) is 13.2. The first-order valence-electron chi connectivity index (χ1n) is 8.82. The smallest absolute Gasteiger partial charge is 0.407 e. The van der Waals surface area contributed by atoms with Gasteiger partial charge in [0.2, 0.25) is 5.91 Å². The second-order valence-corrected chi connectivity index (χ2v) is 7.89. The Morgan fingerprint density at radius 3 is 2.50 bits per heavy atom. The Morgan fingerprint density at radius 1 is 1.29 bits per heavy atom. The molecule has 136 valence electrons. The Bertz CT molecular complexity index is 488. The number of carbonyl (C=O) groups excluding carboxylic acids is 2. The summed E-state index contributed by atoms with van der Waals surface area (Å²) >= 11 is 0. The van der Waals surface area contributed by atoms with Gasteiger partial charge in [-0.1, -0.05) is 12.2 Å². The van der Waals surface area contributed by atoms with Crippen LogP contribution in [0, 0.1) is 5.92 Å². The van der Waals surface area contributed by atoms with Crippen LogP contribution in [-0.4, -0.2) is 52.8 Å². The quantitative estimate of drug-likeness (QED) is 0.774. The average molecular weight is 338 g/mol. The number of ether oxygens (including phenoxy) is 1. The first kappa shape index (κ1) is 18.8. The van der Waals surface area contributed by atoms with Gasteiger partial charge in [0.1, 0.15) is 5.60 Å². The molecule has 2 aliphatic rings. The number of hydrogen-bond acceptors (Lipinski definition) is 4. The molecule has 1 aliphatic carbocycles. The number of nitrogens with one attached hydrogen (secondary N) is 1. The molecule has 6 heteroatoms. The van der Waals surface area contributed by atoms with Crippen molar-refractivity contribution in [1.82, 2.24) is 10.2 Å². The van der Waals surface area contributed by atoms with E-state index in [1.54, 1.807) is 20.8 Å². The molecular weight excluding hydrogens is 308 g/mol. The number of nitrogens with zero attached hydrogens (tertiary/aromatic N) is 1. The van der Waals surface area contributed by atoms with Crippen LogP contribution in [0.15, 0.2) is 12.2 Å². The van der Waals surface area contributed by atoms with Crippen molar-refractivity contribution in [3.63, 3.8) is 0 Å². The third-order valence-corrected chi connectivity index (χ3v) is 4.58. The summed E-state index contributed by atoms with van der Waals surface area (Å²) in [6, 6.07) is 0. The standard InChI is InChI=1S/C18H30N2O4/c1-17(2,3)24-16(22)19-13-18(23)9-11-20(12-10-18)15(21)14-7-5-4-6-8-14/h4-5,14,23H,6-13H2,1-3H3,(H,19,22). The summed E-state index contributed by atoms with van der Waals surface area (Å²) in [6.07, 6.45) is 7.32. The van der Waals surface area contributed by atoms with E-state index in [9.17, 15) is 14.7 Å². The molecule has 0 spiro atoms. The van der Waals surface area contributed by atoms with Crippen molar-refractivity contribution in [3.05, 3.63) is 12.2 Å². The molecule has 1 aliphatic heterocycles. The summed E-state index contributed by atoms with van der Waals surface area (Å²) in [6.45, 7) is 6.61. The van der Waals surface area contributed by atoms with Crippen LogP contribution in [0.1, 0.15) is 52.9 Å². The lowest BCUT2D eigenvalue weighted by molar-refractivity contribution is -0.140. The van der Waals surface area contributed by atoms with E-state index in [4.69, 9.17) is 4.74 Å². The van der Waals surface area contributed by atoms with E-state index in [2.05, 4.69) is 17.5 Å². The van der Waals surface area contributed by atoms with Gasteiger partial charge in [0.25, 0.3) is 0 Å².